The molecule has 0 radical (unpaired) electrons. The largest absolute Gasteiger partial charge is 0.268 e. The molecule has 0 aliphatic heterocycles. The molecule has 1 aromatic heterocycles. The highest BCUT2D eigenvalue weighted by Gasteiger charge is 2.15. The van der Waals surface area contributed by atoms with Gasteiger partial charge in [0.2, 0.25) is 0 Å². The van der Waals surface area contributed by atoms with Crippen molar-refractivity contribution in [2.24, 2.45) is 0 Å². The molecular formula is C18H16FIN2O. The van der Waals surface area contributed by atoms with Crippen LogP contribution >= 0.6 is 22.6 Å². The van der Waals surface area contributed by atoms with Gasteiger partial charge in [-0.25, -0.2) is 9.37 Å². The van der Waals surface area contributed by atoms with Gasteiger partial charge in [0, 0.05) is 16.1 Å². The van der Waals surface area contributed by atoms with Gasteiger partial charge < -0.3 is 0 Å². The molecular weight excluding hydrogens is 406 g/mol. The fraction of sp³-hybridized carbons (Fsp3) is 0.222. The van der Waals surface area contributed by atoms with Crippen molar-refractivity contribution >= 4 is 33.5 Å². The van der Waals surface area contributed by atoms with Crippen molar-refractivity contribution in [2.45, 2.75) is 27.2 Å². The number of hydrogen-bond donors (Lipinski definition) is 0. The van der Waals surface area contributed by atoms with E-state index in [1.165, 1.54) is 6.07 Å². The number of rotatable bonds is 2. The Labute approximate surface area is 147 Å². The van der Waals surface area contributed by atoms with Crippen LogP contribution in [-0.2, 0) is 6.42 Å². The molecule has 0 spiro atoms. The molecule has 3 nitrogen and oxygen atoms in total. The van der Waals surface area contributed by atoms with Crippen LogP contribution in [0, 0.1) is 23.2 Å². The first kappa shape index (κ1) is 16.1. The van der Waals surface area contributed by atoms with Crippen molar-refractivity contribution in [2.75, 3.05) is 0 Å². The Kier molecular flexibility index (Phi) is 4.23. The van der Waals surface area contributed by atoms with E-state index < -0.39 is 0 Å². The third kappa shape index (κ3) is 2.78. The van der Waals surface area contributed by atoms with Gasteiger partial charge in [-0.3, -0.25) is 9.36 Å². The molecule has 0 N–H and O–H groups in total. The van der Waals surface area contributed by atoms with Crippen molar-refractivity contribution < 1.29 is 4.39 Å². The van der Waals surface area contributed by atoms with Crippen LogP contribution in [0.15, 0.2) is 35.1 Å². The molecule has 2 aromatic carbocycles. The molecule has 0 unspecified atom stereocenters. The van der Waals surface area contributed by atoms with Crippen molar-refractivity contribution in [1.82, 2.24) is 9.55 Å². The maximum Gasteiger partial charge on any atom is 0.266 e. The van der Waals surface area contributed by atoms with E-state index in [9.17, 15) is 9.18 Å². The first-order valence-corrected chi connectivity index (χ1v) is 8.48. The molecule has 0 saturated heterocycles. The number of halogens is 2. The molecule has 118 valence electrons. The van der Waals surface area contributed by atoms with Crippen molar-refractivity contribution in [3.8, 4) is 5.69 Å². The highest BCUT2D eigenvalue weighted by atomic mass is 127. The number of hydrogen-bond acceptors (Lipinski definition) is 2. The summed E-state index contributed by atoms with van der Waals surface area (Å²) in [4.78, 5) is 17.6. The zero-order chi connectivity index (χ0) is 16.7. The third-order valence-electron chi connectivity index (χ3n) is 3.90. The van der Waals surface area contributed by atoms with Gasteiger partial charge in [0.25, 0.3) is 5.56 Å². The van der Waals surface area contributed by atoms with Crippen LogP contribution in [-0.4, -0.2) is 9.55 Å². The normalized spacial score (nSPS) is 11.2. The molecule has 0 bridgehead atoms. The number of aromatic nitrogens is 2. The summed E-state index contributed by atoms with van der Waals surface area (Å²) in [6.45, 7) is 5.91. The molecule has 0 aliphatic carbocycles. The number of benzene rings is 2. The maximum absolute atomic E-state index is 13.8. The Morgan fingerprint density at radius 2 is 1.96 bits per heavy atom. The summed E-state index contributed by atoms with van der Waals surface area (Å²) in [5.74, 6) is 0.286. The minimum Gasteiger partial charge on any atom is -0.268 e. The highest BCUT2D eigenvalue weighted by molar-refractivity contribution is 14.1. The first-order chi connectivity index (χ1) is 10.9. The smallest absolute Gasteiger partial charge is 0.266 e. The van der Waals surface area contributed by atoms with Gasteiger partial charge in [-0.2, -0.15) is 0 Å². The van der Waals surface area contributed by atoms with Crippen molar-refractivity contribution in [1.29, 1.82) is 0 Å². The summed E-state index contributed by atoms with van der Waals surface area (Å²) in [5, 5.41) is 0.439. The van der Waals surface area contributed by atoms with E-state index in [1.54, 1.807) is 10.6 Å². The predicted octanol–water partition coefficient (Wildman–Crippen LogP) is 4.31. The average Bonchev–Trinajstić information content (AvgIpc) is 2.52. The topological polar surface area (TPSA) is 34.9 Å². The fourth-order valence-corrected chi connectivity index (χ4v) is 3.14. The maximum atomic E-state index is 13.8. The van der Waals surface area contributed by atoms with Gasteiger partial charge in [-0.05, 0) is 59.7 Å². The van der Waals surface area contributed by atoms with Crippen LogP contribution in [0.4, 0.5) is 4.39 Å². The molecule has 0 aliphatic rings. The minimum atomic E-state index is -0.350. The number of aryl methyl sites for hydroxylation is 3. The van der Waals surface area contributed by atoms with E-state index in [2.05, 4.69) is 4.98 Å². The molecule has 3 aromatic rings. The van der Waals surface area contributed by atoms with Crippen LogP contribution in [0.3, 0.4) is 0 Å². The lowest BCUT2D eigenvalue weighted by atomic mass is 10.1. The predicted molar refractivity (Wildman–Crippen MR) is 98.9 cm³/mol. The Morgan fingerprint density at radius 1 is 1.22 bits per heavy atom. The lowest BCUT2D eigenvalue weighted by Crippen LogP contribution is -2.24. The Bertz CT molecular complexity index is 979. The van der Waals surface area contributed by atoms with Crippen LogP contribution in [0.1, 0.15) is 23.9 Å². The molecule has 0 atom stereocenters. The lowest BCUT2D eigenvalue weighted by molar-refractivity contribution is 0.621. The second kappa shape index (κ2) is 6.03. The SMILES string of the molecule is CCc1nc2cc(F)c(I)cc2c(=O)n1-c1cc(C)ccc1C. The monoisotopic (exact) mass is 422 g/mol. The van der Waals surface area contributed by atoms with E-state index in [0.29, 0.717) is 26.7 Å². The fourth-order valence-electron chi connectivity index (χ4n) is 2.67. The third-order valence-corrected chi connectivity index (χ3v) is 4.73. The summed E-state index contributed by atoms with van der Waals surface area (Å²) in [6.07, 6.45) is 0.589. The number of fused-ring (bicyclic) bond motifs is 1. The molecule has 0 amide bonds. The van der Waals surface area contributed by atoms with E-state index in [0.717, 1.165) is 16.8 Å². The minimum absolute atomic E-state index is 0.154. The summed E-state index contributed by atoms with van der Waals surface area (Å²) in [7, 11) is 0. The van der Waals surface area contributed by atoms with Gasteiger partial charge in [0.05, 0.1) is 16.6 Å². The van der Waals surface area contributed by atoms with Gasteiger partial charge in [-0.1, -0.05) is 19.1 Å². The van der Waals surface area contributed by atoms with Crippen LogP contribution < -0.4 is 5.56 Å². The van der Waals surface area contributed by atoms with Crippen molar-refractivity contribution in [3.63, 3.8) is 0 Å². The van der Waals surface area contributed by atoms with Crippen LogP contribution in [0.5, 0.6) is 0 Å². The van der Waals surface area contributed by atoms with E-state index in [-0.39, 0.29) is 11.4 Å². The molecule has 3 rings (SSSR count). The Hall–Kier alpha value is -1.76. The molecule has 0 fully saturated rings. The zero-order valence-corrected chi connectivity index (χ0v) is 15.3. The quantitative estimate of drug-likeness (QED) is 0.577. The van der Waals surface area contributed by atoms with E-state index in [1.807, 2.05) is 61.6 Å². The van der Waals surface area contributed by atoms with Crippen LogP contribution in [0.25, 0.3) is 16.6 Å². The first-order valence-electron chi connectivity index (χ1n) is 7.40. The van der Waals surface area contributed by atoms with Crippen LogP contribution in [0.2, 0.25) is 0 Å². The van der Waals surface area contributed by atoms with Gasteiger partial charge >= 0.3 is 0 Å². The Balaban J connectivity index is 2.45. The van der Waals surface area contributed by atoms with E-state index >= 15 is 0 Å². The standard InChI is InChI=1S/C18H16FIN2O/c1-4-17-21-15-9-13(19)14(20)8-12(15)18(23)22(17)16-7-10(2)5-6-11(16)3/h5-9H,4H2,1-3H3. The second-order valence-electron chi connectivity index (χ2n) is 5.60. The molecule has 1 heterocycles. The summed E-state index contributed by atoms with van der Waals surface area (Å²) in [6, 6.07) is 8.90. The average molecular weight is 422 g/mol. The van der Waals surface area contributed by atoms with Crippen molar-refractivity contribution in [3.05, 3.63) is 67.0 Å². The highest BCUT2D eigenvalue weighted by Crippen LogP contribution is 2.21. The van der Waals surface area contributed by atoms with Gasteiger partial charge in [-0.15, -0.1) is 0 Å². The Morgan fingerprint density at radius 3 is 2.65 bits per heavy atom. The molecule has 0 saturated carbocycles. The zero-order valence-electron chi connectivity index (χ0n) is 13.2. The van der Waals surface area contributed by atoms with E-state index in [4.69, 9.17) is 0 Å². The van der Waals surface area contributed by atoms with Gasteiger partial charge in [0.1, 0.15) is 11.6 Å². The lowest BCUT2D eigenvalue weighted by Gasteiger charge is -2.15. The summed E-state index contributed by atoms with van der Waals surface area (Å²) >= 11 is 1.89. The second-order valence-corrected chi connectivity index (χ2v) is 6.76. The summed E-state index contributed by atoms with van der Waals surface area (Å²) < 4.78 is 15.9. The van der Waals surface area contributed by atoms with Gasteiger partial charge in [0.15, 0.2) is 0 Å². The molecule has 5 heteroatoms. The number of nitrogens with zero attached hydrogens (tertiary/aromatic N) is 2. The summed E-state index contributed by atoms with van der Waals surface area (Å²) in [5.41, 5.74) is 3.17. The molecule has 23 heavy (non-hydrogen) atoms.